The third-order valence-electron chi connectivity index (χ3n) is 4.33. The lowest BCUT2D eigenvalue weighted by molar-refractivity contribution is -0.120. The maximum atomic E-state index is 13.1. The molecule has 0 saturated heterocycles. The van der Waals surface area contributed by atoms with Gasteiger partial charge >= 0.3 is 0 Å². The summed E-state index contributed by atoms with van der Waals surface area (Å²) in [4.78, 5) is 16.7. The first-order chi connectivity index (χ1) is 14.6. The average molecular weight is 429 g/mol. The zero-order chi connectivity index (χ0) is 21.3. The van der Waals surface area contributed by atoms with Crippen molar-refractivity contribution in [2.24, 2.45) is 0 Å². The van der Waals surface area contributed by atoms with Gasteiger partial charge in [0.2, 0.25) is 5.91 Å². The van der Waals surface area contributed by atoms with Gasteiger partial charge in [0.25, 0.3) is 0 Å². The van der Waals surface area contributed by atoms with Gasteiger partial charge < -0.3 is 14.8 Å². The van der Waals surface area contributed by atoms with Crippen molar-refractivity contribution in [3.8, 4) is 22.1 Å². The van der Waals surface area contributed by atoms with Crippen LogP contribution in [0.4, 0.5) is 4.39 Å². The predicted molar refractivity (Wildman–Crippen MR) is 117 cm³/mol. The number of nitrogens with zero attached hydrogens (tertiary/aromatic N) is 1. The van der Waals surface area contributed by atoms with Crippen LogP contribution in [-0.2, 0) is 17.6 Å². The van der Waals surface area contributed by atoms with E-state index in [2.05, 4.69) is 10.3 Å². The Hall–Kier alpha value is -2.93. The standard InChI is InChI=1S/C23H25FN2O3S/c1-3-28-20-10-5-16(13-21(20)29-4-2)11-12-25-22(27)14-19-15-30-23(26-19)17-6-8-18(24)9-7-17/h5-10,13,15H,3-4,11-12,14H2,1-2H3,(H,25,27). The molecular weight excluding hydrogens is 403 g/mol. The van der Waals surface area contributed by atoms with Crippen molar-refractivity contribution in [1.82, 2.24) is 10.3 Å². The lowest BCUT2D eigenvalue weighted by Crippen LogP contribution is -2.27. The lowest BCUT2D eigenvalue weighted by Gasteiger charge is -2.12. The second-order valence-electron chi connectivity index (χ2n) is 6.57. The maximum absolute atomic E-state index is 13.1. The molecule has 0 aliphatic heterocycles. The largest absolute Gasteiger partial charge is 0.490 e. The van der Waals surface area contributed by atoms with Crippen LogP contribution in [0, 0.1) is 5.82 Å². The lowest BCUT2D eigenvalue weighted by atomic mass is 10.1. The number of thiazole rings is 1. The smallest absolute Gasteiger partial charge is 0.226 e. The zero-order valence-electron chi connectivity index (χ0n) is 17.1. The highest BCUT2D eigenvalue weighted by molar-refractivity contribution is 7.13. The summed E-state index contributed by atoms with van der Waals surface area (Å²) in [6.45, 7) is 5.53. The minimum absolute atomic E-state index is 0.0816. The first kappa shape index (κ1) is 21.8. The molecule has 0 saturated carbocycles. The van der Waals surface area contributed by atoms with Crippen LogP contribution < -0.4 is 14.8 Å². The fourth-order valence-electron chi connectivity index (χ4n) is 2.94. The number of hydrogen-bond acceptors (Lipinski definition) is 5. The van der Waals surface area contributed by atoms with E-state index in [0.29, 0.717) is 31.9 Å². The van der Waals surface area contributed by atoms with Crippen molar-refractivity contribution in [1.29, 1.82) is 0 Å². The molecule has 30 heavy (non-hydrogen) atoms. The quantitative estimate of drug-likeness (QED) is 0.511. The van der Waals surface area contributed by atoms with Crippen LogP contribution in [-0.4, -0.2) is 30.6 Å². The summed E-state index contributed by atoms with van der Waals surface area (Å²) in [5.41, 5.74) is 2.61. The van der Waals surface area contributed by atoms with Gasteiger partial charge in [-0.3, -0.25) is 4.79 Å². The van der Waals surface area contributed by atoms with Crippen molar-refractivity contribution in [3.63, 3.8) is 0 Å². The normalized spacial score (nSPS) is 10.6. The fraction of sp³-hybridized carbons (Fsp3) is 0.304. The summed E-state index contributed by atoms with van der Waals surface area (Å²) in [5, 5.41) is 5.57. The topological polar surface area (TPSA) is 60.5 Å². The van der Waals surface area contributed by atoms with Crippen molar-refractivity contribution < 1.29 is 18.7 Å². The summed E-state index contributed by atoms with van der Waals surface area (Å²) in [6, 6.07) is 12.0. The molecule has 5 nitrogen and oxygen atoms in total. The summed E-state index contributed by atoms with van der Waals surface area (Å²) >= 11 is 1.44. The van der Waals surface area contributed by atoms with Gasteiger partial charge in [-0.05, 0) is 62.2 Å². The van der Waals surface area contributed by atoms with Crippen LogP contribution in [0.5, 0.6) is 11.5 Å². The fourth-order valence-corrected chi connectivity index (χ4v) is 3.76. The molecule has 1 N–H and O–H groups in total. The number of amides is 1. The zero-order valence-corrected chi connectivity index (χ0v) is 17.9. The molecule has 158 valence electrons. The molecule has 0 unspecified atom stereocenters. The third kappa shape index (κ3) is 6.03. The highest BCUT2D eigenvalue weighted by Crippen LogP contribution is 2.28. The number of carbonyl (C=O) groups excluding carboxylic acids is 1. The molecule has 0 radical (unpaired) electrons. The monoisotopic (exact) mass is 428 g/mol. The van der Waals surface area contributed by atoms with Crippen LogP contribution >= 0.6 is 11.3 Å². The van der Waals surface area contributed by atoms with E-state index in [0.717, 1.165) is 27.6 Å². The molecule has 0 atom stereocenters. The van der Waals surface area contributed by atoms with Gasteiger partial charge in [0.05, 0.1) is 25.3 Å². The van der Waals surface area contributed by atoms with Crippen LogP contribution in [0.15, 0.2) is 47.8 Å². The summed E-state index contributed by atoms with van der Waals surface area (Å²) < 4.78 is 24.3. The van der Waals surface area contributed by atoms with Crippen molar-refractivity contribution in [2.45, 2.75) is 26.7 Å². The number of benzene rings is 2. The Morgan fingerprint density at radius 3 is 2.53 bits per heavy atom. The van der Waals surface area contributed by atoms with E-state index >= 15 is 0 Å². The van der Waals surface area contributed by atoms with Crippen molar-refractivity contribution >= 4 is 17.2 Å². The number of rotatable bonds is 10. The highest BCUT2D eigenvalue weighted by atomic mass is 32.1. The Morgan fingerprint density at radius 1 is 1.07 bits per heavy atom. The molecule has 1 aromatic heterocycles. The average Bonchev–Trinajstić information content (AvgIpc) is 3.19. The van der Waals surface area contributed by atoms with Gasteiger partial charge in [-0.2, -0.15) is 0 Å². The molecule has 0 fully saturated rings. The summed E-state index contributed by atoms with van der Waals surface area (Å²) in [7, 11) is 0. The predicted octanol–water partition coefficient (Wildman–Crippen LogP) is 4.65. The van der Waals surface area contributed by atoms with Gasteiger partial charge in [-0.1, -0.05) is 6.07 Å². The maximum Gasteiger partial charge on any atom is 0.226 e. The molecule has 3 rings (SSSR count). The van der Waals surface area contributed by atoms with Gasteiger partial charge in [0.15, 0.2) is 11.5 Å². The molecule has 1 heterocycles. The first-order valence-electron chi connectivity index (χ1n) is 9.94. The molecule has 0 bridgehead atoms. The Kier molecular flexibility index (Phi) is 7.79. The van der Waals surface area contributed by atoms with E-state index in [1.807, 2.05) is 37.4 Å². The van der Waals surface area contributed by atoms with Crippen LogP contribution in [0.25, 0.3) is 10.6 Å². The second kappa shape index (κ2) is 10.7. The third-order valence-corrected chi connectivity index (χ3v) is 5.27. The molecular formula is C23H25FN2O3S. The minimum atomic E-state index is -0.282. The Morgan fingerprint density at radius 2 is 1.80 bits per heavy atom. The van der Waals surface area contributed by atoms with Gasteiger partial charge in [0.1, 0.15) is 10.8 Å². The number of halogens is 1. The van der Waals surface area contributed by atoms with E-state index in [1.165, 1.54) is 23.5 Å². The first-order valence-corrected chi connectivity index (χ1v) is 10.8. The molecule has 0 aliphatic carbocycles. The summed E-state index contributed by atoms with van der Waals surface area (Å²) in [5.74, 6) is 1.09. The SMILES string of the molecule is CCOc1ccc(CCNC(=O)Cc2csc(-c3ccc(F)cc3)n2)cc1OCC. The summed E-state index contributed by atoms with van der Waals surface area (Å²) in [6.07, 6.45) is 0.904. The Balaban J connectivity index is 1.50. The van der Waals surface area contributed by atoms with E-state index in [4.69, 9.17) is 9.47 Å². The Bertz CT molecular complexity index is 973. The minimum Gasteiger partial charge on any atom is -0.490 e. The Labute approximate surface area is 179 Å². The molecule has 3 aromatic rings. The van der Waals surface area contributed by atoms with Gasteiger partial charge in [-0.25, -0.2) is 9.37 Å². The van der Waals surface area contributed by atoms with E-state index in [-0.39, 0.29) is 18.1 Å². The van der Waals surface area contributed by atoms with Crippen molar-refractivity contribution in [3.05, 3.63) is 64.9 Å². The molecule has 1 amide bonds. The molecule has 0 spiro atoms. The van der Waals surface area contributed by atoms with Crippen LogP contribution in [0.1, 0.15) is 25.1 Å². The number of aromatic nitrogens is 1. The van der Waals surface area contributed by atoms with Crippen LogP contribution in [0.3, 0.4) is 0 Å². The number of nitrogens with one attached hydrogen (secondary N) is 1. The van der Waals surface area contributed by atoms with Gasteiger partial charge in [0, 0.05) is 17.5 Å². The van der Waals surface area contributed by atoms with Crippen molar-refractivity contribution in [2.75, 3.05) is 19.8 Å². The van der Waals surface area contributed by atoms with Crippen LogP contribution in [0.2, 0.25) is 0 Å². The van der Waals surface area contributed by atoms with E-state index in [9.17, 15) is 9.18 Å². The highest BCUT2D eigenvalue weighted by Gasteiger charge is 2.10. The molecule has 0 aliphatic rings. The van der Waals surface area contributed by atoms with E-state index < -0.39 is 0 Å². The second-order valence-corrected chi connectivity index (χ2v) is 7.43. The number of carbonyl (C=O) groups is 1. The molecule has 2 aromatic carbocycles. The van der Waals surface area contributed by atoms with Gasteiger partial charge in [-0.15, -0.1) is 11.3 Å². The molecule has 7 heteroatoms. The number of hydrogen-bond donors (Lipinski definition) is 1. The van der Waals surface area contributed by atoms with E-state index in [1.54, 1.807) is 12.1 Å². The number of ether oxygens (including phenoxy) is 2.